The van der Waals surface area contributed by atoms with Crippen molar-refractivity contribution in [1.29, 1.82) is 0 Å². The van der Waals surface area contributed by atoms with Gasteiger partial charge in [0.15, 0.2) is 12.3 Å². The maximum absolute atomic E-state index is 14.6. The van der Waals surface area contributed by atoms with Gasteiger partial charge in [0.05, 0.1) is 23.3 Å². The van der Waals surface area contributed by atoms with Crippen LogP contribution >= 0.6 is 11.6 Å². The summed E-state index contributed by atoms with van der Waals surface area (Å²) in [5, 5.41) is 0.296. The third-order valence-electron chi connectivity index (χ3n) is 5.35. The van der Waals surface area contributed by atoms with Crippen LogP contribution in [-0.4, -0.2) is 46.0 Å². The monoisotopic (exact) mass is 450 g/mol. The Morgan fingerprint density at radius 3 is 2.81 bits per heavy atom. The number of rotatable bonds is 5. The van der Waals surface area contributed by atoms with E-state index in [1.807, 2.05) is 25.8 Å². The van der Waals surface area contributed by atoms with Crippen molar-refractivity contribution >= 4 is 17.4 Å². The first-order chi connectivity index (χ1) is 14.6. The Kier molecular flexibility index (Phi) is 5.47. The molecule has 2 unspecified atom stereocenters. The van der Waals surface area contributed by atoms with E-state index in [1.165, 1.54) is 24.5 Å². The van der Waals surface area contributed by atoms with Crippen molar-refractivity contribution in [2.75, 3.05) is 18.6 Å². The molecule has 4 rings (SSSR count). The van der Waals surface area contributed by atoms with Gasteiger partial charge in [-0.3, -0.25) is 9.55 Å². The molecule has 2 aliphatic rings. The molecule has 2 aromatic rings. The largest absolute Gasteiger partial charge is 0.478 e. The van der Waals surface area contributed by atoms with E-state index in [0.29, 0.717) is 17.4 Å². The zero-order valence-corrected chi connectivity index (χ0v) is 17.9. The van der Waals surface area contributed by atoms with Crippen molar-refractivity contribution in [1.82, 2.24) is 14.5 Å². The molecular formula is C21H21ClF2N4O3. The van der Waals surface area contributed by atoms with E-state index in [4.69, 9.17) is 21.1 Å². The van der Waals surface area contributed by atoms with Crippen LogP contribution in [0.25, 0.3) is 0 Å². The lowest BCUT2D eigenvalue weighted by Gasteiger charge is -2.28. The molecule has 0 bridgehead atoms. The number of nitrogens with zero attached hydrogens (tertiary/aromatic N) is 4. The van der Waals surface area contributed by atoms with Crippen LogP contribution in [0.2, 0.25) is 5.02 Å². The Morgan fingerprint density at radius 1 is 1.32 bits per heavy atom. The zero-order valence-electron chi connectivity index (χ0n) is 17.2. The SMILES string of the molecule is CN1c2cc(OCC3=CC(F)C(Oc4cncc(Cl)c4)C(F)=C3)nc(=O)n2CC1(C)C. The normalized spacial score (nSPS) is 21.9. The fourth-order valence-electron chi connectivity index (χ4n) is 3.50. The van der Waals surface area contributed by atoms with Crippen LogP contribution in [0, 0.1) is 0 Å². The third kappa shape index (κ3) is 4.27. The third-order valence-corrected chi connectivity index (χ3v) is 5.56. The van der Waals surface area contributed by atoms with E-state index in [0.717, 1.165) is 6.08 Å². The molecule has 0 aromatic carbocycles. The summed E-state index contributed by atoms with van der Waals surface area (Å²) in [4.78, 5) is 22.0. The van der Waals surface area contributed by atoms with Crippen molar-refractivity contribution in [3.63, 3.8) is 0 Å². The number of ether oxygens (including phenoxy) is 2. The van der Waals surface area contributed by atoms with Gasteiger partial charge in [0.1, 0.15) is 24.0 Å². The quantitative estimate of drug-likeness (QED) is 0.694. The molecule has 0 N–H and O–H groups in total. The van der Waals surface area contributed by atoms with Gasteiger partial charge in [0.25, 0.3) is 0 Å². The smallest absolute Gasteiger partial charge is 0.352 e. The molecule has 0 saturated carbocycles. The summed E-state index contributed by atoms with van der Waals surface area (Å²) in [7, 11) is 1.88. The van der Waals surface area contributed by atoms with Gasteiger partial charge < -0.3 is 14.4 Å². The van der Waals surface area contributed by atoms with Gasteiger partial charge in [-0.25, -0.2) is 13.6 Å². The Balaban J connectivity index is 1.45. The van der Waals surface area contributed by atoms with E-state index >= 15 is 0 Å². The van der Waals surface area contributed by atoms with Crippen LogP contribution in [0.3, 0.4) is 0 Å². The number of aromatic nitrogens is 3. The van der Waals surface area contributed by atoms with Gasteiger partial charge >= 0.3 is 5.69 Å². The minimum atomic E-state index is -1.74. The maximum atomic E-state index is 14.6. The van der Waals surface area contributed by atoms with Crippen LogP contribution in [0.1, 0.15) is 13.8 Å². The lowest BCUT2D eigenvalue weighted by atomic mass is 10.0. The Hall–Kier alpha value is -2.94. The van der Waals surface area contributed by atoms with Crippen LogP contribution < -0.4 is 20.1 Å². The molecule has 10 heteroatoms. The Labute approximate surface area is 182 Å². The van der Waals surface area contributed by atoms with Gasteiger partial charge in [-0.2, -0.15) is 4.98 Å². The van der Waals surface area contributed by atoms with E-state index in [2.05, 4.69) is 9.97 Å². The molecule has 1 aliphatic carbocycles. The van der Waals surface area contributed by atoms with E-state index in [-0.39, 0.29) is 29.3 Å². The zero-order chi connectivity index (χ0) is 22.3. The van der Waals surface area contributed by atoms with E-state index < -0.39 is 23.8 Å². The fourth-order valence-corrected chi connectivity index (χ4v) is 3.66. The average Bonchev–Trinajstić information content (AvgIpc) is 2.93. The minimum Gasteiger partial charge on any atom is -0.478 e. The molecular weight excluding hydrogens is 430 g/mol. The highest BCUT2D eigenvalue weighted by Crippen LogP contribution is 2.32. The molecule has 0 saturated heterocycles. The molecule has 2 atom stereocenters. The van der Waals surface area contributed by atoms with Crippen molar-refractivity contribution < 1.29 is 18.3 Å². The van der Waals surface area contributed by atoms with Crippen LogP contribution in [-0.2, 0) is 6.54 Å². The topological polar surface area (TPSA) is 69.5 Å². The highest BCUT2D eigenvalue weighted by atomic mass is 35.5. The number of halogens is 3. The minimum absolute atomic E-state index is 0.0919. The van der Waals surface area contributed by atoms with Crippen molar-refractivity contribution in [3.8, 4) is 11.6 Å². The number of fused-ring (bicyclic) bond motifs is 1. The maximum Gasteiger partial charge on any atom is 0.352 e. The van der Waals surface area contributed by atoms with Gasteiger partial charge in [0.2, 0.25) is 5.88 Å². The molecule has 1 aliphatic heterocycles. The fraction of sp³-hybridized carbons (Fsp3) is 0.381. The number of pyridine rings is 1. The number of alkyl halides is 1. The second kappa shape index (κ2) is 7.96. The predicted molar refractivity (Wildman–Crippen MR) is 112 cm³/mol. The summed E-state index contributed by atoms with van der Waals surface area (Å²) in [5.74, 6) is 0.129. The van der Waals surface area contributed by atoms with Crippen molar-refractivity contribution in [3.05, 3.63) is 63.6 Å². The summed E-state index contributed by atoms with van der Waals surface area (Å²) < 4.78 is 41.6. The Morgan fingerprint density at radius 2 is 2.10 bits per heavy atom. The molecule has 31 heavy (non-hydrogen) atoms. The number of anilines is 1. The van der Waals surface area contributed by atoms with Crippen LogP contribution in [0.4, 0.5) is 14.6 Å². The van der Waals surface area contributed by atoms with Gasteiger partial charge in [-0.15, -0.1) is 0 Å². The first kappa shape index (κ1) is 21.3. The van der Waals surface area contributed by atoms with Crippen LogP contribution in [0.5, 0.6) is 11.6 Å². The molecule has 0 spiro atoms. The number of hydrogen-bond acceptors (Lipinski definition) is 6. The summed E-state index contributed by atoms with van der Waals surface area (Å²) in [6, 6.07) is 3.07. The highest BCUT2D eigenvalue weighted by Gasteiger charge is 2.35. The van der Waals surface area contributed by atoms with Gasteiger partial charge in [-0.05, 0) is 31.6 Å². The summed E-state index contributed by atoms with van der Waals surface area (Å²) in [5.41, 5.74) is -0.402. The molecule has 0 fully saturated rings. The predicted octanol–water partition coefficient (Wildman–Crippen LogP) is 3.48. The lowest BCUT2D eigenvalue weighted by Crippen LogP contribution is -2.38. The van der Waals surface area contributed by atoms with E-state index in [1.54, 1.807) is 10.6 Å². The second-order valence-corrected chi connectivity index (χ2v) is 8.51. The Bertz CT molecular complexity index is 1130. The highest BCUT2D eigenvalue weighted by molar-refractivity contribution is 6.30. The van der Waals surface area contributed by atoms with E-state index in [9.17, 15) is 13.6 Å². The summed E-state index contributed by atoms with van der Waals surface area (Å²) in [6.07, 6.45) is 1.89. The standard InChI is InChI=1S/C21H21ClF2N4O3/c1-21(2)11-28-18(27(21)3)7-17(26-20(28)29)30-10-12-4-15(23)19(16(24)5-12)31-14-6-13(22)8-25-9-14/h4-9,15,19H,10-11H2,1-3H3. The summed E-state index contributed by atoms with van der Waals surface area (Å²) in [6.45, 7) is 4.39. The van der Waals surface area contributed by atoms with Gasteiger partial charge in [-0.1, -0.05) is 11.6 Å². The molecule has 3 heterocycles. The molecule has 164 valence electrons. The van der Waals surface area contributed by atoms with Crippen LogP contribution in [0.15, 0.2) is 52.9 Å². The first-order valence-corrected chi connectivity index (χ1v) is 9.99. The number of likely N-dealkylation sites (N-methyl/N-ethyl adjacent to an activating group) is 1. The molecule has 7 nitrogen and oxygen atoms in total. The lowest BCUT2D eigenvalue weighted by molar-refractivity contribution is 0.130. The molecule has 0 amide bonds. The van der Waals surface area contributed by atoms with Gasteiger partial charge in [0, 0.05) is 25.4 Å². The number of hydrogen-bond donors (Lipinski definition) is 0. The van der Waals surface area contributed by atoms with Crippen molar-refractivity contribution in [2.45, 2.75) is 38.2 Å². The molecule has 2 aromatic heterocycles. The van der Waals surface area contributed by atoms with Crippen molar-refractivity contribution in [2.24, 2.45) is 0 Å². The summed E-state index contributed by atoms with van der Waals surface area (Å²) >= 11 is 5.82. The average molecular weight is 451 g/mol. The second-order valence-electron chi connectivity index (χ2n) is 8.07. The molecule has 0 radical (unpaired) electrons. The first-order valence-electron chi connectivity index (χ1n) is 9.61.